The van der Waals surface area contributed by atoms with Crippen LogP contribution in [-0.2, 0) is 4.79 Å². The van der Waals surface area contributed by atoms with Crippen molar-refractivity contribution in [2.24, 2.45) is 0 Å². The van der Waals surface area contributed by atoms with Gasteiger partial charge in [-0.1, -0.05) is 26.0 Å². The zero-order valence-electron chi connectivity index (χ0n) is 14.7. The molecule has 1 aromatic carbocycles. The van der Waals surface area contributed by atoms with Crippen molar-refractivity contribution in [2.45, 2.75) is 38.5 Å². The minimum Gasteiger partial charge on any atom is -0.484 e. The molecule has 0 unspecified atom stereocenters. The normalized spacial score (nSPS) is 15.3. The van der Waals surface area contributed by atoms with Gasteiger partial charge in [-0.25, -0.2) is 4.98 Å². The largest absolute Gasteiger partial charge is 0.484 e. The first-order valence-electron chi connectivity index (χ1n) is 8.81. The molecule has 0 radical (unpaired) electrons. The van der Waals surface area contributed by atoms with Gasteiger partial charge >= 0.3 is 0 Å². The van der Waals surface area contributed by atoms with Crippen LogP contribution in [0, 0.1) is 0 Å². The standard InChI is InChI=1S/C19H25N3O2S/c1-13(2)15-4-3-5-16(10-15)24-12-18(23)22-19-21-11-17(25-19)14-6-8-20-9-7-14/h3-5,10-11,13-14,20H,6-9,12H2,1-2H3,(H,21,22,23). The average molecular weight is 359 g/mol. The van der Waals surface area contributed by atoms with Crippen molar-refractivity contribution >= 4 is 22.4 Å². The van der Waals surface area contributed by atoms with E-state index in [2.05, 4.69) is 35.5 Å². The maximum absolute atomic E-state index is 12.1. The summed E-state index contributed by atoms with van der Waals surface area (Å²) < 4.78 is 5.61. The molecule has 134 valence electrons. The summed E-state index contributed by atoms with van der Waals surface area (Å²) in [7, 11) is 0. The van der Waals surface area contributed by atoms with Crippen LogP contribution >= 0.6 is 11.3 Å². The Bertz CT molecular complexity index is 708. The Balaban J connectivity index is 1.51. The van der Waals surface area contributed by atoms with Gasteiger partial charge in [0.25, 0.3) is 5.91 Å². The smallest absolute Gasteiger partial charge is 0.264 e. The fraction of sp³-hybridized carbons (Fsp3) is 0.474. The minimum atomic E-state index is -0.179. The summed E-state index contributed by atoms with van der Waals surface area (Å²) in [5.41, 5.74) is 1.20. The SMILES string of the molecule is CC(C)c1cccc(OCC(=O)Nc2ncc(C3CCNCC3)s2)c1. The maximum Gasteiger partial charge on any atom is 0.264 e. The van der Waals surface area contributed by atoms with Crippen LogP contribution in [0.5, 0.6) is 5.75 Å². The van der Waals surface area contributed by atoms with Crippen LogP contribution < -0.4 is 15.4 Å². The molecule has 0 aliphatic carbocycles. The number of thiazole rings is 1. The number of aromatic nitrogens is 1. The van der Waals surface area contributed by atoms with Crippen LogP contribution in [0.3, 0.4) is 0 Å². The molecule has 0 spiro atoms. The Morgan fingerprint density at radius 2 is 2.20 bits per heavy atom. The van der Waals surface area contributed by atoms with Crippen molar-refractivity contribution in [1.82, 2.24) is 10.3 Å². The van der Waals surface area contributed by atoms with E-state index in [1.165, 1.54) is 10.4 Å². The van der Waals surface area contributed by atoms with Crippen molar-refractivity contribution in [1.29, 1.82) is 0 Å². The van der Waals surface area contributed by atoms with Crippen LogP contribution in [0.25, 0.3) is 0 Å². The highest BCUT2D eigenvalue weighted by Gasteiger charge is 2.18. The lowest BCUT2D eigenvalue weighted by Gasteiger charge is -2.20. The molecule has 1 aliphatic rings. The van der Waals surface area contributed by atoms with Crippen LogP contribution in [0.2, 0.25) is 0 Å². The highest BCUT2D eigenvalue weighted by molar-refractivity contribution is 7.15. The molecule has 1 fully saturated rings. The fourth-order valence-electron chi connectivity index (χ4n) is 2.91. The number of rotatable bonds is 6. The molecule has 1 saturated heterocycles. The van der Waals surface area contributed by atoms with E-state index in [1.807, 2.05) is 24.4 Å². The average Bonchev–Trinajstić information content (AvgIpc) is 3.09. The van der Waals surface area contributed by atoms with Gasteiger partial charge in [-0.2, -0.15) is 0 Å². The first-order valence-corrected chi connectivity index (χ1v) is 9.62. The van der Waals surface area contributed by atoms with E-state index in [1.54, 1.807) is 11.3 Å². The highest BCUT2D eigenvalue weighted by Crippen LogP contribution is 2.31. The maximum atomic E-state index is 12.1. The fourth-order valence-corrected chi connectivity index (χ4v) is 3.91. The summed E-state index contributed by atoms with van der Waals surface area (Å²) >= 11 is 1.57. The van der Waals surface area contributed by atoms with Gasteiger partial charge in [0, 0.05) is 11.1 Å². The van der Waals surface area contributed by atoms with Crippen LogP contribution in [0.4, 0.5) is 5.13 Å². The van der Waals surface area contributed by atoms with Crippen molar-refractivity contribution < 1.29 is 9.53 Å². The minimum absolute atomic E-state index is 0.0101. The number of ether oxygens (including phenoxy) is 1. The number of hydrogen-bond donors (Lipinski definition) is 2. The molecule has 0 atom stereocenters. The van der Waals surface area contributed by atoms with Crippen LogP contribution in [0.1, 0.15) is 49.0 Å². The quantitative estimate of drug-likeness (QED) is 0.824. The molecule has 6 heteroatoms. The first-order chi connectivity index (χ1) is 12.1. The summed E-state index contributed by atoms with van der Waals surface area (Å²) in [6.07, 6.45) is 4.15. The van der Waals surface area contributed by atoms with E-state index in [9.17, 15) is 4.79 Å². The number of anilines is 1. The first kappa shape index (κ1) is 17.9. The molecular weight excluding hydrogens is 334 g/mol. The van der Waals surface area contributed by atoms with E-state index in [-0.39, 0.29) is 12.5 Å². The lowest BCUT2D eigenvalue weighted by molar-refractivity contribution is -0.118. The van der Waals surface area contributed by atoms with Gasteiger partial charge < -0.3 is 10.1 Å². The monoisotopic (exact) mass is 359 g/mol. The van der Waals surface area contributed by atoms with Crippen molar-refractivity contribution in [2.75, 3.05) is 25.0 Å². The second-order valence-electron chi connectivity index (χ2n) is 6.66. The molecular formula is C19H25N3O2S. The third kappa shape index (κ3) is 5.03. The summed E-state index contributed by atoms with van der Waals surface area (Å²) in [6, 6.07) is 7.87. The predicted molar refractivity (Wildman–Crippen MR) is 102 cm³/mol. The van der Waals surface area contributed by atoms with Crippen molar-refractivity contribution in [3.8, 4) is 5.75 Å². The summed E-state index contributed by atoms with van der Waals surface area (Å²) in [5.74, 6) is 1.53. The Labute approximate surface area is 152 Å². The molecule has 25 heavy (non-hydrogen) atoms. The molecule has 3 rings (SSSR count). The van der Waals surface area contributed by atoms with Gasteiger partial charge in [0.2, 0.25) is 0 Å². The molecule has 1 aromatic heterocycles. The van der Waals surface area contributed by atoms with E-state index in [0.717, 1.165) is 31.7 Å². The Morgan fingerprint density at radius 1 is 1.40 bits per heavy atom. The van der Waals surface area contributed by atoms with Gasteiger partial charge in [-0.3, -0.25) is 10.1 Å². The van der Waals surface area contributed by atoms with Crippen molar-refractivity contribution in [3.63, 3.8) is 0 Å². The third-order valence-electron chi connectivity index (χ3n) is 4.41. The Hall–Kier alpha value is -1.92. The lowest BCUT2D eigenvalue weighted by Crippen LogP contribution is -2.26. The number of carbonyl (C=O) groups is 1. The number of amides is 1. The number of piperidine rings is 1. The summed E-state index contributed by atoms with van der Waals surface area (Å²) in [4.78, 5) is 17.7. The number of hydrogen-bond acceptors (Lipinski definition) is 5. The van der Waals surface area contributed by atoms with Gasteiger partial charge in [0.1, 0.15) is 5.75 Å². The summed E-state index contributed by atoms with van der Waals surface area (Å²) in [6.45, 7) is 6.35. The third-order valence-corrected chi connectivity index (χ3v) is 5.48. The highest BCUT2D eigenvalue weighted by atomic mass is 32.1. The van der Waals surface area contributed by atoms with Gasteiger partial charge in [-0.15, -0.1) is 11.3 Å². The van der Waals surface area contributed by atoms with Crippen LogP contribution in [0.15, 0.2) is 30.5 Å². The Kier molecular flexibility index (Phi) is 6.04. The molecule has 2 N–H and O–H groups in total. The molecule has 0 saturated carbocycles. The second kappa shape index (κ2) is 8.45. The van der Waals surface area contributed by atoms with E-state index < -0.39 is 0 Å². The lowest BCUT2D eigenvalue weighted by atomic mass is 9.97. The zero-order chi connectivity index (χ0) is 17.6. The zero-order valence-corrected chi connectivity index (χ0v) is 15.6. The molecule has 5 nitrogen and oxygen atoms in total. The second-order valence-corrected chi connectivity index (χ2v) is 7.72. The van der Waals surface area contributed by atoms with Gasteiger partial charge in [-0.05, 0) is 55.5 Å². The predicted octanol–water partition coefficient (Wildman–Crippen LogP) is 3.75. The summed E-state index contributed by atoms with van der Waals surface area (Å²) in [5, 5.41) is 6.85. The molecule has 2 heterocycles. The number of nitrogens with one attached hydrogen (secondary N) is 2. The topological polar surface area (TPSA) is 63.2 Å². The number of nitrogens with zero attached hydrogens (tertiary/aromatic N) is 1. The van der Waals surface area contributed by atoms with Crippen LogP contribution in [-0.4, -0.2) is 30.6 Å². The van der Waals surface area contributed by atoms with Gasteiger partial charge in [0.15, 0.2) is 11.7 Å². The van der Waals surface area contributed by atoms with E-state index in [0.29, 0.717) is 17.0 Å². The van der Waals surface area contributed by atoms with Crippen molar-refractivity contribution in [3.05, 3.63) is 40.9 Å². The number of benzene rings is 1. The molecule has 0 bridgehead atoms. The van der Waals surface area contributed by atoms with E-state index in [4.69, 9.17) is 4.74 Å². The Morgan fingerprint density at radius 3 is 2.96 bits per heavy atom. The van der Waals surface area contributed by atoms with E-state index >= 15 is 0 Å². The molecule has 2 aromatic rings. The molecule has 1 amide bonds. The molecule has 1 aliphatic heterocycles. The van der Waals surface area contributed by atoms with Gasteiger partial charge in [0.05, 0.1) is 0 Å². The number of carbonyl (C=O) groups excluding carboxylic acids is 1.